The van der Waals surface area contributed by atoms with E-state index in [1.54, 1.807) is 0 Å². The Labute approximate surface area is 147 Å². The second kappa shape index (κ2) is 5.45. The molecule has 1 aliphatic carbocycles. The van der Waals surface area contributed by atoms with Crippen molar-refractivity contribution in [2.45, 2.75) is 16.2 Å². The van der Waals surface area contributed by atoms with Gasteiger partial charge in [-0.15, -0.1) is 23.2 Å². The predicted molar refractivity (Wildman–Crippen MR) is 95.0 cm³/mol. The highest BCUT2D eigenvalue weighted by atomic mass is 127. The summed E-state index contributed by atoms with van der Waals surface area (Å²) in [7, 11) is 0. The Morgan fingerprint density at radius 3 is 2.14 bits per heavy atom. The highest BCUT2D eigenvalue weighted by Crippen LogP contribution is 2.65. The number of hydrogen-bond donors (Lipinski definition) is 1. The Morgan fingerprint density at radius 2 is 1.62 bits per heavy atom. The largest absolute Gasteiger partial charge is 0.325 e. The van der Waals surface area contributed by atoms with Crippen LogP contribution in [0.2, 0.25) is 0 Å². The van der Waals surface area contributed by atoms with Gasteiger partial charge in [-0.1, -0.05) is 30.3 Å². The summed E-state index contributed by atoms with van der Waals surface area (Å²) in [5.41, 5.74) is 0.713. The van der Waals surface area contributed by atoms with E-state index in [1.807, 2.05) is 54.6 Å². The van der Waals surface area contributed by atoms with Crippen LogP contribution in [0.15, 0.2) is 54.6 Å². The molecule has 108 valence electrons. The van der Waals surface area contributed by atoms with Crippen LogP contribution < -0.4 is 5.32 Å². The van der Waals surface area contributed by atoms with E-state index < -0.39 is 9.75 Å². The van der Waals surface area contributed by atoms with Crippen LogP contribution in [0, 0.1) is 3.57 Å². The minimum atomic E-state index is -1.05. The van der Waals surface area contributed by atoms with Crippen LogP contribution in [-0.2, 0) is 10.2 Å². The highest BCUT2D eigenvalue weighted by molar-refractivity contribution is 14.1. The number of carbonyl (C=O) groups is 1. The first-order valence-corrected chi connectivity index (χ1v) is 8.29. The maximum absolute atomic E-state index is 12.7. The normalized spacial score (nSPS) is 22.6. The van der Waals surface area contributed by atoms with Gasteiger partial charge in [-0.05, 0) is 52.4 Å². The van der Waals surface area contributed by atoms with E-state index in [4.69, 9.17) is 23.2 Å². The van der Waals surface area contributed by atoms with Crippen LogP contribution in [0.3, 0.4) is 0 Å². The van der Waals surface area contributed by atoms with E-state index in [9.17, 15) is 4.79 Å². The molecular weight excluding hydrogens is 420 g/mol. The molecule has 0 heterocycles. The van der Waals surface area contributed by atoms with Crippen LogP contribution in [0.25, 0.3) is 0 Å². The molecule has 21 heavy (non-hydrogen) atoms. The molecule has 1 amide bonds. The van der Waals surface area contributed by atoms with Crippen molar-refractivity contribution in [1.82, 2.24) is 0 Å². The number of amides is 1. The zero-order chi connectivity index (χ0) is 15.1. The molecule has 1 fully saturated rings. The lowest BCUT2D eigenvalue weighted by Crippen LogP contribution is -2.32. The molecule has 1 saturated carbocycles. The molecule has 0 unspecified atom stereocenters. The van der Waals surface area contributed by atoms with Crippen molar-refractivity contribution in [1.29, 1.82) is 0 Å². The lowest BCUT2D eigenvalue weighted by molar-refractivity contribution is -0.118. The quantitative estimate of drug-likeness (QED) is 0.551. The molecule has 2 aromatic carbocycles. The van der Waals surface area contributed by atoms with Crippen LogP contribution in [0.5, 0.6) is 0 Å². The lowest BCUT2D eigenvalue weighted by atomic mass is 9.94. The van der Waals surface area contributed by atoms with Crippen molar-refractivity contribution in [2.24, 2.45) is 0 Å². The first-order chi connectivity index (χ1) is 9.96. The summed E-state index contributed by atoms with van der Waals surface area (Å²) in [6.45, 7) is 0. The summed E-state index contributed by atoms with van der Waals surface area (Å²) in [5, 5.41) is 2.91. The monoisotopic (exact) mass is 431 g/mol. The number of hydrogen-bond acceptors (Lipinski definition) is 1. The lowest BCUT2D eigenvalue weighted by Gasteiger charge is -2.18. The Bertz CT molecular complexity index is 672. The fraction of sp³-hybridized carbons (Fsp3) is 0.188. The van der Waals surface area contributed by atoms with Crippen molar-refractivity contribution in [3.8, 4) is 0 Å². The minimum Gasteiger partial charge on any atom is -0.325 e. The maximum atomic E-state index is 12.7. The third kappa shape index (κ3) is 2.67. The predicted octanol–water partition coefficient (Wildman–Crippen LogP) is 4.75. The number of carbonyl (C=O) groups excluding carboxylic acids is 1. The van der Waals surface area contributed by atoms with Crippen LogP contribution >= 0.6 is 45.8 Å². The minimum absolute atomic E-state index is 0.167. The van der Waals surface area contributed by atoms with Crippen molar-refractivity contribution in [3.05, 3.63) is 63.7 Å². The summed E-state index contributed by atoms with van der Waals surface area (Å²) in [5.74, 6) is -0.167. The summed E-state index contributed by atoms with van der Waals surface area (Å²) >= 11 is 14.8. The van der Waals surface area contributed by atoms with E-state index in [0.29, 0.717) is 6.42 Å². The second-order valence-corrected chi connectivity index (χ2v) is 7.84. The van der Waals surface area contributed by atoms with Crippen molar-refractivity contribution in [3.63, 3.8) is 0 Å². The van der Waals surface area contributed by atoms with E-state index >= 15 is 0 Å². The van der Waals surface area contributed by atoms with E-state index in [2.05, 4.69) is 27.9 Å². The summed E-state index contributed by atoms with van der Waals surface area (Å²) in [6.07, 6.45) is 0.420. The summed E-state index contributed by atoms with van der Waals surface area (Å²) in [6, 6.07) is 17.1. The average molecular weight is 432 g/mol. The van der Waals surface area contributed by atoms with Crippen molar-refractivity contribution < 1.29 is 4.79 Å². The van der Waals surface area contributed by atoms with Gasteiger partial charge in [0.25, 0.3) is 0 Å². The summed E-state index contributed by atoms with van der Waals surface area (Å²) < 4.78 is 0.0561. The number of nitrogens with one attached hydrogen (secondary N) is 1. The first-order valence-electron chi connectivity index (χ1n) is 6.46. The Hall–Kier alpha value is -0.780. The van der Waals surface area contributed by atoms with Crippen molar-refractivity contribution in [2.75, 3.05) is 5.32 Å². The molecule has 0 radical (unpaired) electrons. The Morgan fingerprint density at radius 1 is 1.05 bits per heavy atom. The number of anilines is 1. The van der Waals surface area contributed by atoms with Crippen LogP contribution in [0.4, 0.5) is 5.69 Å². The molecule has 1 atom stereocenters. The molecule has 2 aromatic rings. The van der Waals surface area contributed by atoms with Crippen LogP contribution in [-0.4, -0.2) is 10.2 Å². The second-order valence-electron chi connectivity index (χ2n) is 5.11. The molecule has 0 saturated heterocycles. The average Bonchev–Trinajstić information content (AvgIpc) is 3.07. The van der Waals surface area contributed by atoms with E-state index in [1.165, 1.54) is 0 Å². The highest BCUT2D eigenvalue weighted by Gasteiger charge is 2.72. The van der Waals surface area contributed by atoms with Gasteiger partial charge in [-0.3, -0.25) is 4.79 Å². The van der Waals surface area contributed by atoms with Gasteiger partial charge in [0.15, 0.2) is 0 Å². The molecule has 3 rings (SSSR count). The van der Waals surface area contributed by atoms with E-state index in [0.717, 1.165) is 14.8 Å². The van der Waals surface area contributed by atoms with Crippen molar-refractivity contribution >= 4 is 57.4 Å². The zero-order valence-corrected chi connectivity index (χ0v) is 14.6. The number of alkyl halides is 2. The molecule has 1 N–H and O–H groups in total. The third-order valence-corrected chi connectivity index (χ3v) is 5.37. The molecule has 1 aliphatic rings. The topological polar surface area (TPSA) is 29.1 Å². The van der Waals surface area contributed by atoms with Gasteiger partial charge < -0.3 is 5.32 Å². The van der Waals surface area contributed by atoms with Gasteiger partial charge in [0, 0.05) is 15.7 Å². The van der Waals surface area contributed by atoms with Gasteiger partial charge in [-0.25, -0.2) is 0 Å². The third-order valence-electron chi connectivity index (χ3n) is 3.74. The number of benzene rings is 2. The van der Waals surface area contributed by atoms with Gasteiger partial charge in [0.05, 0.1) is 0 Å². The molecule has 5 heteroatoms. The van der Waals surface area contributed by atoms with E-state index in [-0.39, 0.29) is 5.91 Å². The fourth-order valence-corrected chi connectivity index (χ4v) is 3.62. The molecule has 2 nitrogen and oxygen atoms in total. The Kier molecular flexibility index (Phi) is 3.93. The summed E-state index contributed by atoms with van der Waals surface area (Å²) in [4.78, 5) is 12.7. The fourth-order valence-electron chi connectivity index (χ4n) is 2.47. The zero-order valence-electron chi connectivity index (χ0n) is 10.9. The van der Waals surface area contributed by atoms with Gasteiger partial charge in [0.1, 0.15) is 9.75 Å². The molecule has 0 bridgehead atoms. The van der Waals surface area contributed by atoms with Crippen LogP contribution in [0.1, 0.15) is 12.0 Å². The molecule has 0 aliphatic heterocycles. The SMILES string of the molecule is O=C(Nc1ccc(I)cc1)[C@@]1(c2ccccc2)CC1(Cl)Cl. The van der Waals surface area contributed by atoms with Gasteiger partial charge >= 0.3 is 0 Å². The molecular formula is C16H12Cl2INO. The smallest absolute Gasteiger partial charge is 0.238 e. The number of rotatable bonds is 3. The van der Waals surface area contributed by atoms with Gasteiger partial charge in [0.2, 0.25) is 5.91 Å². The molecule has 0 aromatic heterocycles. The number of halogens is 3. The Balaban J connectivity index is 1.89. The van der Waals surface area contributed by atoms with Gasteiger partial charge in [-0.2, -0.15) is 0 Å². The molecule has 0 spiro atoms. The maximum Gasteiger partial charge on any atom is 0.238 e. The standard InChI is InChI=1S/C16H12Cl2INO/c17-16(18)10-15(16,11-4-2-1-3-5-11)14(21)20-13-8-6-12(19)7-9-13/h1-9H,10H2,(H,20,21)/t15-/m0/s1. The first kappa shape index (κ1) is 15.1.